The van der Waals surface area contributed by atoms with Crippen LogP contribution in [0.4, 0.5) is 0 Å². The van der Waals surface area contributed by atoms with E-state index >= 15 is 0 Å². The predicted molar refractivity (Wildman–Crippen MR) is 84.1 cm³/mol. The van der Waals surface area contributed by atoms with Crippen molar-refractivity contribution in [1.82, 2.24) is 25.1 Å². The van der Waals surface area contributed by atoms with Crippen molar-refractivity contribution in [3.05, 3.63) is 41.2 Å². The molecule has 0 aliphatic heterocycles. The summed E-state index contributed by atoms with van der Waals surface area (Å²) in [5.74, 6) is 1.04. The summed E-state index contributed by atoms with van der Waals surface area (Å²) >= 11 is 0. The molecule has 0 aromatic carbocycles. The molecule has 0 amide bonds. The maximum atomic E-state index is 4.46. The summed E-state index contributed by atoms with van der Waals surface area (Å²) in [6, 6.07) is 4.55. The Balaban J connectivity index is 2.24. The van der Waals surface area contributed by atoms with Gasteiger partial charge in [-0.15, -0.1) is 0 Å². The highest BCUT2D eigenvalue weighted by atomic mass is 15.3. The lowest BCUT2D eigenvalue weighted by molar-refractivity contribution is 0.498. The predicted octanol–water partition coefficient (Wildman–Crippen LogP) is 2.59. The van der Waals surface area contributed by atoms with Crippen LogP contribution in [0.5, 0.6) is 0 Å². The first-order chi connectivity index (χ1) is 10.1. The van der Waals surface area contributed by atoms with Gasteiger partial charge in [0.25, 0.3) is 0 Å². The molecule has 21 heavy (non-hydrogen) atoms. The van der Waals surface area contributed by atoms with Crippen molar-refractivity contribution in [2.24, 2.45) is 0 Å². The fraction of sp³-hybridized carbons (Fsp3) is 0.562. The van der Waals surface area contributed by atoms with Crippen LogP contribution in [0.2, 0.25) is 0 Å². The molecule has 1 unspecified atom stereocenters. The van der Waals surface area contributed by atoms with Crippen LogP contribution in [0.1, 0.15) is 49.1 Å². The van der Waals surface area contributed by atoms with E-state index in [9.17, 15) is 0 Å². The molecule has 0 bridgehead atoms. The van der Waals surface area contributed by atoms with Gasteiger partial charge in [0.2, 0.25) is 0 Å². The van der Waals surface area contributed by atoms with Gasteiger partial charge in [-0.25, -0.2) is 4.98 Å². The maximum Gasteiger partial charge on any atom is 0.138 e. The summed E-state index contributed by atoms with van der Waals surface area (Å²) in [4.78, 5) is 8.88. The Morgan fingerprint density at radius 2 is 1.90 bits per heavy atom. The topological polar surface area (TPSA) is 55.6 Å². The minimum atomic E-state index is 0.246. The first kappa shape index (κ1) is 15.6. The molecular weight excluding hydrogens is 262 g/mol. The van der Waals surface area contributed by atoms with Crippen LogP contribution in [0.25, 0.3) is 0 Å². The number of rotatable bonds is 7. The number of pyridine rings is 1. The number of nitrogens with one attached hydrogen (secondary N) is 1. The molecule has 114 valence electrons. The smallest absolute Gasteiger partial charge is 0.138 e. The van der Waals surface area contributed by atoms with E-state index in [4.69, 9.17) is 0 Å². The van der Waals surface area contributed by atoms with Crippen LogP contribution in [0, 0.1) is 13.8 Å². The molecule has 2 aromatic rings. The van der Waals surface area contributed by atoms with E-state index in [1.165, 1.54) is 5.56 Å². The van der Waals surface area contributed by atoms with Gasteiger partial charge in [-0.3, -0.25) is 9.67 Å². The summed E-state index contributed by atoms with van der Waals surface area (Å²) in [6.07, 6.45) is 3.56. The van der Waals surface area contributed by atoms with Crippen LogP contribution >= 0.6 is 0 Å². The highest BCUT2D eigenvalue weighted by molar-refractivity contribution is 5.24. The minimum absolute atomic E-state index is 0.246. The Kier molecular flexibility index (Phi) is 5.44. The standard InChI is InChI=1S/C16H25N5/c1-5-7-21-16(18-11-19-21)10-15(17-6-2)14-8-12(3)20-13(4)9-14/h8-9,11,15,17H,5-7,10H2,1-4H3. The molecule has 0 aliphatic rings. The first-order valence-corrected chi connectivity index (χ1v) is 7.69. The monoisotopic (exact) mass is 287 g/mol. The second-order valence-electron chi connectivity index (χ2n) is 5.40. The zero-order chi connectivity index (χ0) is 15.2. The molecule has 1 N–H and O–H groups in total. The quantitative estimate of drug-likeness (QED) is 0.850. The van der Waals surface area contributed by atoms with Crippen LogP contribution in [0.3, 0.4) is 0 Å². The summed E-state index contributed by atoms with van der Waals surface area (Å²) in [5.41, 5.74) is 3.39. The molecule has 0 radical (unpaired) electrons. The van der Waals surface area contributed by atoms with Crippen molar-refractivity contribution in [2.75, 3.05) is 6.54 Å². The molecule has 5 nitrogen and oxygen atoms in total. The Morgan fingerprint density at radius 3 is 2.52 bits per heavy atom. The number of hydrogen-bond acceptors (Lipinski definition) is 4. The van der Waals surface area contributed by atoms with E-state index in [-0.39, 0.29) is 6.04 Å². The van der Waals surface area contributed by atoms with E-state index in [1.807, 2.05) is 18.5 Å². The van der Waals surface area contributed by atoms with Gasteiger partial charge in [0, 0.05) is 30.4 Å². The molecule has 0 saturated carbocycles. The van der Waals surface area contributed by atoms with Crippen molar-refractivity contribution >= 4 is 0 Å². The highest BCUT2D eigenvalue weighted by Crippen LogP contribution is 2.19. The molecule has 2 aromatic heterocycles. The number of aromatic nitrogens is 4. The van der Waals surface area contributed by atoms with Crippen LogP contribution in [-0.2, 0) is 13.0 Å². The number of aryl methyl sites for hydroxylation is 3. The fourth-order valence-corrected chi connectivity index (χ4v) is 2.65. The van der Waals surface area contributed by atoms with Gasteiger partial charge in [0.15, 0.2) is 0 Å². The van der Waals surface area contributed by atoms with Gasteiger partial charge in [-0.1, -0.05) is 13.8 Å². The lowest BCUT2D eigenvalue weighted by Crippen LogP contribution is -2.25. The zero-order valence-electron chi connectivity index (χ0n) is 13.4. The van der Waals surface area contributed by atoms with E-state index in [0.717, 1.165) is 43.1 Å². The molecular formula is C16H25N5. The lowest BCUT2D eigenvalue weighted by Gasteiger charge is -2.19. The second-order valence-corrected chi connectivity index (χ2v) is 5.40. The average Bonchev–Trinajstić information content (AvgIpc) is 2.85. The molecule has 2 rings (SSSR count). The summed E-state index contributed by atoms with van der Waals surface area (Å²) in [6.45, 7) is 10.2. The third-order valence-corrected chi connectivity index (χ3v) is 3.47. The fourth-order valence-electron chi connectivity index (χ4n) is 2.65. The zero-order valence-corrected chi connectivity index (χ0v) is 13.4. The summed E-state index contributed by atoms with van der Waals surface area (Å²) < 4.78 is 2.01. The van der Waals surface area contributed by atoms with Crippen LogP contribution in [-0.4, -0.2) is 26.3 Å². The molecule has 0 fully saturated rings. The number of hydrogen-bond donors (Lipinski definition) is 1. The average molecular weight is 287 g/mol. The molecule has 5 heteroatoms. The van der Waals surface area contributed by atoms with Gasteiger partial charge in [0.05, 0.1) is 0 Å². The van der Waals surface area contributed by atoms with Crippen molar-refractivity contribution in [1.29, 1.82) is 0 Å². The number of likely N-dealkylation sites (N-methyl/N-ethyl adjacent to an activating group) is 1. The van der Waals surface area contributed by atoms with Crippen LogP contribution in [0.15, 0.2) is 18.5 Å². The first-order valence-electron chi connectivity index (χ1n) is 7.69. The van der Waals surface area contributed by atoms with Crippen molar-refractivity contribution in [3.8, 4) is 0 Å². The van der Waals surface area contributed by atoms with Crippen molar-refractivity contribution in [2.45, 2.75) is 53.1 Å². The maximum absolute atomic E-state index is 4.46. The second kappa shape index (κ2) is 7.31. The Hall–Kier alpha value is -1.75. The molecule has 1 atom stereocenters. The third kappa shape index (κ3) is 4.11. The minimum Gasteiger partial charge on any atom is -0.310 e. The summed E-state index contributed by atoms with van der Waals surface area (Å²) in [5, 5.41) is 7.87. The van der Waals surface area contributed by atoms with Gasteiger partial charge in [0.1, 0.15) is 12.2 Å². The van der Waals surface area contributed by atoms with E-state index in [0.29, 0.717) is 0 Å². The molecule has 0 aliphatic carbocycles. The number of nitrogens with zero attached hydrogens (tertiary/aromatic N) is 4. The normalized spacial score (nSPS) is 12.6. The van der Waals surface area contributed by atoms with Crippen molar-refractivity contribution < 1.29 is 0 Å². The van der Waals surface area contributed by atoms with Crippen molar-refractivity contribution in [3.63, 3.8) is 0 Å². The van der Waals surface area contributed by atoms with Gasteiger partial charge in [-0.05, 0) is 44.5 Å². The Labute approximate surface area is 126 Å². The highest BCUT2D eigenvalue weighted by Gasteiger charge is 2.16. The molecule has 0 spiro atoms. The Morgan fingerprint density at radius 1 is 1.19 bits per heavy atom. The Bertz CT molecular complexity index is 556. The third-order valence-electron chi connectivity index (χ3n) is 3.47. The van der Waals surface area contributed by atoms with E-state index < -0.39 is 0 Å². The van der Waals surface area contributed by atoms with Gasteiger partial charge in [-0.2, -0.15) is 5.10 Å². The van der Waals surface area contributed by atoms with Crippen LogP contribution < -0.4 is 5.32 Å². The lowest BCUT2D eigenvalue weighted by atomic mass is 10.0. The van der Waals surface area contributed by atoms with Gasteiger partial charge < -0.3 is 5.32 Å². The van der Waals surface area contributed by atoms with E-state index in [1.54, 1.807) is 6.33 Å². The largest absolute Gasteiger partial charge is 0.310 e. The SMILES string of the molecule is CCCn1ncnc1CC(NCC)c1cc(C)nc(C)c1. The van der Waals surface area contributed by atoms with E-state index in [2.05, 4.69) is 46.4 Å². The summed E-state index contributed by atoms with van der Waals surface area (Å²) in [7, 11) is 0. The molecule has 0 saturated heterocycles. The van der Waals surface area contributed by atoms with Gasteiger partial charge >= 0.3 is 0 Å². The molecule has 2 heterocycles.